The first-order valence-corrected chi connectivity index (χ1v) is 9.21. The first-order chi connectivity index (χ1) is 12.5. The predicted molar refractivity (Wildman–Crippen MR) is 98.6 cm³/mol. The molecule has 1 atom stereocenters. The van der Waals surface area contributed by atoms with Crippen molar-refractivity contribution in [1.82, 2.24) is 20.0 Å². The molecule has 6 heteroatoms. The highest BCUT2D eigenvalue weighted by Crippen LogP contribution is 2.38. The van der Waals surface area contributed by atoms with Crippen molar-refractivity contribution in [1.29, 1.82) is 0 Å². The maximum absolute atomic E-state index is 13.2. The van der Waals surface area contributed by atoms with E-state index in [0.29, 0.717) is 12.2 Å². The number of amides is 2. The number of likely N-dealkylation sites (tertiary alicyclic amines) is 2. The number of H-pyrrole nitrogens is 1. The van der Waals surface area contributed by atoms with E-state index in [4.69, 9.17) is 0 Å². The van der Waals surface area contributed by atoms with Crippen LogP contribution in [-0.4, -0.2) is 57.5 Å². The normalized spacial score (nSPS) is 23.1. The van der Waals surface area contributed by atoms with Gasteiger partial charge in [-0.2, -0.15) is 5.10 Å². The van der Waals surface area contributed by atoms with Crippen molar-refractivity contribution in [2.75, 3.05) is 20.1 Å². The standard InChI is InChI=1S/C20H24N4O2/c1-14-5-7-15(8-6-14)16-13-17(22-21-16)18(25)24-12-4-10-20(24)9-3-11-23(2)19(20)26/h5-8,13H,3-4,9-12H2,1-2H3,(H,21,22). The van der Waals surface area contributed by atoms with E-state index in [1.165, 1.54) is 5.56 Å². The largest absolute Gasteiger partial charge is 0.344 e. The van der Waals surface area contributed by atoms with E-state index in [1.807, 2.05) is 38.2 Å². The molecule has 2 fully saturated rings. The number of aromatic amines is 1. The van der Waals surface area contributed by atoms with Crippen LogP contribution < -0.4 is 0 Å². The van der Waals surface area contributed by atoms with Gasteiger partial charge in [0, 0.05) is 25.7 Å². The van der Waals surface area contributed by atoms with E-state index in [2.05, 4.69) is 10.2 Å². The average molecular weight is 352 g/mol. The van der Waals surface area contributed by atoms with Gasteiger partial charge in [-0.1, -0.05) is 29.8 Å². The summed E-state index contributed by atoms with van der Waals surface area (Å²) in [4.78, 5) is 29.6. The highest BCUT2D eigenvalue weighted by molar-refractivity contribution is 5.99. The quantitative estimate of drug-likeness (QED) is 0.903. The van der Waals surface area contributed by atoms with Crippen molar-refractivity contribution < 1.29 is 9.59 Å². The molecule has 1 spiro atoms. The number of nitrogens with one attached hydrogen (secondary N) is 1. The fourth-order valence-electron chi connectivity index (χ4n) is 4.28. The second kappa shape index (κ2) is 6.27. The Bertz CT molecular complexity index is 842. The van der Waals surface area contributed by atoms with Gasteiger partial charge in [-0.3, -0.25) is 14.7 Å². The summed E-state index contributed by atoms with van der Waals surface area (Å²) in [6.07, 6.45) is 3.30. The number of aromatic nitrogens is 2. The number of rotatable bonds is 2. The zero-order valence-corrected chi connectivity index (χ0v) is 15.3. The zero-order valence-electron chi connectivity index (χ0n) is 15.3. The monoisotopic (exact) mass is 352 g/mol. The number of carbonyl (C=O) groups excluding carboxylic acids is 2. The fourth-order valence-corrected chi connectivity index (χ4v) is 4.28. The van der Waals surface area contributed by atoms with Crippen molar-refractivity contribution in [3.8, 4) is 11.3 Å². The third-order valence-electron chi connectivity index (χ3n) is 5.72. The Morgan fingerprint density at radius 3 is 2.58 bits per heavy atom. The van der Waals surface area contributed by atoms with Crippen LogP contribution in [-0.2, 0) is 4.79 Å². The van der Waals surface area contributed by atoms with Crippen molar-refractivity contribution in [2.45, 2.75) is 38.1 Å². The molecule has 0 bridgehead atoms. The molecular weight excluding hydrogens is 328 g/mol. The molecule has 0 aliphatic carbocycles. The number of likely N-dealkylation sites (N-methyl/N-ethyl adjacent to an activating group) is 1. The summed E-state index contributed by atoms with van der Waals surface area (Å²) < 4.78 is 0. The highest BCUT2D eigenvalue weighted by atomic mass is 16.2. The molecule has 4 rings (SSSR count). The van der Waals surface area contributed by atoms with E-state index < -0.39 is 5.54 Å². The number of piperidine rings is 1. The summed E-state index contributed by atoms with van der Waals surface area (Å²) >= 11 is 0. The third kappa shape index (κ3) is 2.60. The molecular formula is C20H24N4O2. The van der Waals surface area contributed by atoms with Crippen molar-refractivity contribution >= 4 is 11.8 Å². The van der Waals surface area contributed by atoms with Gasteiger partial charge in [-0.15, -0.1) is 0 Å². The molecule has 1 unspecified atom stereocenters. The van der Waals surface area contributed by atoms with E-state index in [0.717, 1.165) is 43.5 Å². The van der Waals surface area contributed by atoms with Gasteiger partial charge in [0.05, 0.1) is 5.69 Å². The van der Waals surface area contributed by atoms with E-state index in [1.54, 1.807) is 15.9 Å². The Morgan fingerprint density at radius 2 is 1.85 bits per heavy atom. The van der Waals surface area contributed by atoms with Gasteiger partial charge < -0.3 is 9.80 Å². The van der Waals surface area contributed by atoms with Crippen molar-refractivity contribution in [3.63, 3.8) is 0 Å². The van der Waals surface area contributed by atoms with Crippen LogP contribution in [0.1, 0.15) is 41.7 Å². The minimum Gasteiger partial charge on any atom is -0.344 e. The maximum Gasteiger partial charge on any atom is 0.272 e. The summed E-state index contributed by atoms with van der Waals surface area (Å²) in [5, 5.41) is 7.19. The van der Waals surface area contributed by atoms with E-state index in [-0.39, 0.29) is 11.8 Å². The van der Waals surface area contributed by atoms with Crippen LogP contribution >= 0.6 is 0 Å². The number of hydrogen-bond donors (Lipinski definition) is 1. The lowest BCUT2D eigenvalue weighted by atomic mass is 9.85. The van der Waals surface area contributed by atoms with Gasteiger partial charge in [-0.25, -0.2) is 0 Å². The Hall–Kier alpha value is -2.63. The summed E-state index contributed by atoms with van der Waals surface area (Å²) in [7, 11) is 1.83. The van der Waals surface area contributed by atoms with Gasteiger partial charge >= 0.3 is 0 Å². The molecule has 6 nitrogen and oxygen atoms in total. The van der Waals surface area contributed by atoms with Crippen LogP contribution in [0, 0.1) is 6.92 Å². The first kappa shape index (κ1) is 16.8. The second-order valence-corrected chi connectivity index (χ2v) is 7.46. The molecule has 1 N–H and O–H groups in total. The SMILES string of the molecule is Cc1ccc(-c2cc(C(=O)N3CCCC34CCCN(C)C4=O)[nH]n2)cc1. The summed E-state index contributed by atoms with van der Waals surface area (Å²) in [6.45, 7) is 3.43. The second-order valence-electron chi connectivity index (χ2n) is 7.46. The number of benzene rings is 1. The topological polar surface area (TPSA) is 69.3 Å². The fraction of sp³-hybridized carbons (Fsp3) is 0.450. The van der Waals surface area contributed by atoms with Gasteiger partial charge in [0.1, 0.15) is 11.2 Å². The molecule has 2 saturated heterocycles. The first-order valence-electron chi connectivity index (χ1n) is 9.21. The van der Waals surface area contributed by atoms with Crippen molar-refractivity contribution in [2.24, 2.45) is 0 Å². The van der Waals surface area contributed by atoms with E-state index >= 15 is 0 Å². The minimum atomic E-state index is -0.667. The summed E-state index contributed by atoms with van der Waals surface area (Å²) in [6, 6.07) is 9.83. The molecule has 3 heterocycles. The van der Waals surface area contributed by atoms with Crippen LogP contribution in [0.15, 0.2) is 30.3 Å². The van der Waals surface area contributed by atoms with E-state index in [9.17, 15) is 9.59 Å². The van der Waals surface area contributed by atoms with Crippen LogP contribution in [0.4, 0.5) is 0 Å². The molecule has 2 aromatic rings. The smallest absolute Gasteiger partial charge is 0.272 e. The molecule has 0 radical (unpaired) electrons. The molecule has 136 valence electrons. The Kier molecular flexibility index (Phi) is 4.05. The average Bonchev–Trinajstić information content (AvgIpc) is 3.28. The number of aryl methyl sites for hydroxylation is 1. The maximum atomic E-state index is 13.2. The Morgan fingerprint density at radius 1 is 1.15 bits per heavy atom. The van der Waals surface area contributed by atoms with Crippen LogP contribution in [0.3, 0.4) is 0 Å². The summed E-state index contributed by atoms with van der Waals surface area (Å²) in [5.74, 6) is -0.0510. The lowest BCUT2D eigenvalue weighted by molar-refractivity contribution is -0.144. The van der Waals surface area contributed by atoms with Gasteiger partial charge in [-0.05, 0) is 38.7 Å². The molecule has 0 saturated carbocycles. The Balaban J connectivity index is 1.61. The number of carbonyl (C=O) groups is 2. The number of hydrogen-bond acceptors (Lipinski definition) is 3. The minimum absolute atomic E-state index is 0.0767. The van der Waals surface area contributed by atoms with Gasteiger partial charge in [0.2, 0.25) is 5.91 Å². The molecule has 2 aliphatic heterocycles. The number of nitrogens with zero attached hydrogens (tertiary/aromatic N) is 3. The zero-order chi connectivity index (χ0) is 18.3. The molecule has 26 heavy (non-hydrogen) atoms. The molecule has 1 aromatic heterocycles. The molecule has 2 amide bonds. The van der Waals surface area contributed by atoms with Crippen LogP contribution in [0.5, 0.6) is 0 Å². The molecule has 2 aliphatic rings. The van der Waals surface area contributed by atoms with Crippen LogP contribution in [0.25, 0.3) is 11.3 Å². The van der Waals surface area contributed by atoms with Gasteiger partial charge in [0.25, 0.3) is 5.91 Å². The lowest BCUT2D eigenvalue weighted by Gasteiger charge is -2.43. The Labute approximate surface area is 153 Å². The highest BCUT2D eigenvalue weighted by Gasteiger charge is 2.52. The lowest BCUT2D eigenvalue weighted by Crippen LogP contribution is -2.60. The van der Waals surface area contributed by atoms with Gasteiger partial charge in [0.15, 0.2) is 0 Å². The van der Waals surface area contributed by atoms with Crippen LogP contribution in [0.2, 0.25) is 0 Å². The van der Waals surface area contributed by atoms with Crippen molar-refractivity contribution in [3.05, 3.63) is 41.6 Å². The summed E-state index contributed by atoms with van der Waals surface area (Å²) in [5.41, 5.74) is 2.67. The third-order valence-corrected chi connectivity index (χ3v) is 5.72. The predicted octanol–water partition coefficient (Wildman–Crippen LogP) is 2.61. The molecule has 1 aromatic carbocycles.